The maximum absolute atomic E-state index is 13.2. The first-order valence-corrected chi connectivity index (χ1v) is 10.3. The van der Waals surface area contributed by atoms with Crippen LogP contribution >= 0.6 is 11.8 Å². The summed E-state index contributed by atoms with van der Waals surface area (Å²) in [7, 11) is 0. The summed E-state index contributed by atoms with van der Waals surface area (Å²) in [4.78, 5) is 27.9. The molecule has 1 heterocycles. The first kappa shape index (κ1) is 20.0. The number of carbonyl (C=O) groups is 2. The minimum absolute atomic E-state index is 0.287. The minimum Gasteiger partial charge on any atom is -0.494 e. The van der Waals surface area contributed by atoms with E-state index in [9.17, 15) is 9.59 Å². The number of hydrogen-bond donors (Lipinski definition) is 0. The molecule has 6 heteroatoms. The molecule has 0 saturated carbocycles. The van der Waals surface area contributed by atoms with E-state index < -0.39 is 0 Å². The fourth-order valence-corrected chi connectivity index (χ4v) is 3.87. The van der Waals surface area contributed by atoms with Crippen LogP contribution in [0.15, 0.2) is 53.4 Å². The second-order valence-electron chi connectivity index (χ2n) is 5.97. The van der Waals surface area contributed by atoms with E-state index in [2.05, 4.69) is 0 Å². The fraction of sp³-hybridized carbons (Fsp3) is 0.273. The lowest BCUT2D eigenvalue weighted by molar-refractivity contribution is -0.119. The Bertz CT molecular complexity index is 888. The van der Waals surface area contributed by atoms with Gasteiger partial charge in [0.1, 0.15) is 11.5 Å². The quantitative estimate of drug-likeness (QED) is 0.613. The summed E-state index contributed by atoms with van der Waals surface area (Å²) in [5.41, 5.74) is 1.69. The van der Waals surface area contributed by atoms with Crippen molar-refractivity contribution in [3.05, 3.63) is 59.0 Å². The number of rotatable bonds is 8. The van der Waals surface area contributed by atoms with Gasteiger partial charge in [-0.05, 0) is 61.6 Å². The van der Waals surface area contributed by atoms with E-state index in [1.54, 1.807) is 24.3 Å². The second-order valence-corrected chi connectivity index (χ2v) is 7.24. The molecule has 0 aliphatic carbocycles. The van der Waals surface area contributed by atoms with Gasteiger partial charge in [-0.2, -0.15) is 0 Å². The van der Waals surface area contributed by atoms with Gasteiger partial charge in [-0.3, -0.25) is 9.59 Å². The third-order valence-corrected chi connectivity index (χ3v) is 5.15. The predicted molar refractivity (Wildman–Crippen MR) is 113 cm³/mol. The maximum Gasteiger partial charge on any atom is 0.272 e. The third-order valence-electron chi connectivity index (χ3n) is 4.19. The van der Waals surface area contributed by atoms with Crippen molar-refractivity contribution >= 4 is 34.8 Å². The summed E-state index contributed by atoms with van der Waals surface area (Å²) in [6.45, 7) is 6.91. The van der Waals surface area contributed by atoms with Crippen molar-refractivity contribution in [2.75, 3.05) is 23.9 Å². The lowest BCUT2D eigenvalue weighted by Crippen LogP contribution is -2.31. The molecular weight excluding hydrogens is 374 g/mol. The zero-order chi connectivity index (χ0) is 20.1. The number of thioether (sulfide) groups is 1. The maximum atomic E-state index is 13.2. The summed E-state index contributed by atoms with van der Waals surface area (Å²) in [5.74, 6) is 1.54. The van der Waals surface area contributed by atoms with Gasteiger partial charge >= 0.3 is 0 Å². The first-order chi connectivity index (χ1) is 13.6. The molecule has 5 nitrogen and oxygen atoms in total. The number of hydrogen-bond acceptors (Lipinski definition) is 5. The van der Waals surface area contributed by atoms with Crippen LogP contribution in [-0.4, -0.2) is 30.8 Å². The molecule has 3 rings (SSSR count). The minimum atomic E-state index is -0.311. The summed E-state index contributed by atoms with van der Waals surface area (Å²) < 4.78 is 10.9. The first-order valence-electron chi connectivity index (χ1n) is 9.32. The molecule has 0 atom stereocenters. The Balaban J connectivity index is 1.96. The number of anilines is 1. The average molecular weight is 397 g/mol. The largest absolute Gasteiger partial charge is 0.494 e. The molecule has 0 spiro atoms. The van der Waals surface area contributed by atoms with Crippen LogP contribution in [0.3, 0.4) is 0 Å². The molecule has 0 fully saturated rings. The van der Waals surface area contributed by atoms with Crippen LogP contribution in [0.5, 0.6) is 11.5 Å². The van der Waals surface area contributed by atoms with Crippen molar-refractivity contribution in [2.45, 2.75) is 20.8 Å². The zero-order valence-corrected chi connectivity index (χ0v) is 17.0. The zero-order valence-electron chi connectivity index (χ0n) is 16.2. The van der Waals surface area contributed by atoms with Crippen LogP contribution in [-0.2, 0) is 9.59 Å². The summed E-state index contributed by atoms with van der Waals surface area (Å²) >= 11 is 1.39. The molecule has 0 N–H and O–H groups in total. The Hall–Kier alpha value is -2.73. The van der Waals surface area contributed by atoms with Gasteiger partial charge < -0.3 is 9.47 Å². The Labute approximate surface area is 169 Å². The number of ether oxygens (including phenoxy) is 2. The van der Waals surface area contributed by atoms with E-state index in [4.69, 9.17) is 9.47 Å². The van der Waals surface area contributed by atoms with E-state index in [1.165, 1.54) is 16.7 Å². The highest BCUT2D eigenvalue weighted by Crippen LogP contribution is 2.39. The number of nitrogens with zero attached hydrogens (tertiary/aromatic N) is 1. The molecular formula is C22H23NO4S. The topological polar surface area (TPSA) is 55.8 Å². The molecule has 146 valence electrons. The molecule has 2 aromatic carbocycles. The Morgan fingerprint density at radius 2 is 1.32 bits per heavy atom. The van der Waals surface area contributed by atoms with Crippen LogP contribution in [0.2, 0.25) is 0 Å². The Kier molecular flexibility index (Phi) is 6.41. The van der Waals surface area contributed by atoms with E-state index in [1.807, 2.05) is 45.0 Å². The summed E-state index contributed by atoms with van der Waals surface area (Å²) in [6, 6.07) is 14.3. The summed E-state index contributed by atoms with van der Waals surface area (Å²) in [5, 5.41) is 0. The van der Waals surface area contributed by atoms with Crippen molar-refractivity contribution in [3.8, 4) is 11.5 Å². The molecule has 0 bridgehead atoms. The van der Waals surface area contributed by atoms with E-state index in [-0.39, 0.29) is 11.8 Å². The molecule has 0 saturated heterocycles. The highest BCUT2D eigenvalue weighted by Gasteiger charge is 2.39. The SMILES string of the molecule is CCOc1ccc(C2=C(SCC)C(=O)N(c3ccc(OCC)cc3)C2=O)cc1. The van der Waals surface area contributed by atoms with Gasteiger partial charge in [0.25, 0.3) is 11.8 Å². The molecule has 1 aliphatic rings. The van der Waals surface area contributed by atoms with E-state index in [0.29, 0.717) is 46.4 Å². The standard InChI is InChI=1S/C22H23NO4S/c1-4-26-17-11-7-15(8-12-17)19-20(28-6-3)22(25)23(21(19)24)16-9-13-18(14-10-16)27-5-2/h7-14H,4-6H2,1-3H3. The highest BCUT2D eigenvalue weighted by molar-refractivity contribution is 8.04. The number of benzene rings is 2. The highest BCUT2D eigenvalue weighted by atomic mass is 32.2. The van der Waals surface area contributed by atoms with Gasteiger partial charge in [0, 0.05) is 0 Å². The number of amides is 2. The molecule has 2 aromatic rings. The van der Waals surface area contributed by atoms with Crippen molar-refractivity contribution in [3.63, 3.8) is 0 Å². The van der Waals surface area contributed by atoms with Crippen molar-refractivity contribution in [1.82, 2.24) is 0 Å². The van der Waals surface area contributed by atoms with Gasteiger partial charge in [0.05, 0.1) is 29.4 Å². The Morgan fingerprint density at radius 3 is 1.82 bits per heavy atom. The molecule has 0 aromatic heterocycles. The molecule has 28 heavy (non-hydrogen) atoms. The summed E-state index contributed by atoms with van der Waals surface area (Å²) in [6.07, 6.45) is 0. The van der Waals surface area contributed by atoms with Crippen LogP contribution < -0.4 is 14.4 Å². The van der Waals surface area contributed by atoms with Crippen LogP contribution in [0, 0.1) is 0 Å². The molecule has 2 amide bonds. The fourth-order valence-electron chi connectivity index (χ4n) is 3.02. The van der Waals surface area contributed by atoms with Crippen LogP contribution in [0.4, 0.5) is 5.69 Å². The normalized spacial score (nSPS) is 14.0. The van der Waals surface area contributed by atoms with Gasteiger partial charge in [0.15, 0.2) is 0 Å². The predicted octanol–water partition coefficient (Wildman–Crippen LogP) is 4.52. The van der Waals surface area contributed by atoms with Gasteiger partial charge in [-0.25, -0.2) is 4.90 Å². The van der Waals surface area contributed by atoms with E-state index in [0.717, 1.165) is 5.75 Å². The third kappa shape index (κ3) is 3.92. The van der Waals surface area contributed by atoms with Gasteiger partial charge in [0.2, 0.25) is 0 Å². The number of carbonyl (C=O) groups excluding carboxylic acids is 2. The smallest absolute Gasteiger partial charge is 0.272 e. The molecule has 0 radical (unpaired) electrons. The molecule has 0 unspecified atom stereocenters. The average Bonchev–Trinajstić information content (AvgIpc) is 2.94. The van der Waals surface area contributed by atoms with Gasteiger partial charge in [-0.1, -0.05) is 19.1 Å². The van der Waals surface area contributed by atoms with Crippen molar-refractivity contribution < 1.29 is 19.1 Å². The van der Waals surface area contributed by atoms with Gasteiger partial charge in [-0.15, -0.1) is 11.8 Å². The van der Waals surface area contributed by atoms with Crippen LogP contribution in [0.1, 0.15) is 26.3 Å². The van der Waals surface area contributed by atoms with Crippen molar-refractivity contribution in [1.29, 1.82) is 0 Å². The number of imide groups is 1. The van der Waals surface area contributed by atoms with Crippen LogP contribution in [0.25, 0.3) is 5.57 Å². The lowest BCUT2D eigenvalue weighted by atomic mass is 10.1. The molecule has 1 aliphatic heterocycles. The van der Waals surface area contributed by atoms with E-state index >= 15 is 0 Å². The lowest BCUT2D eigenvalue weighted by Gasteiger charge is -2.16. The second kappa shape index (κ2) is 8.97. The monoisotopic (exact) mass is 397 g/mol. The van der Waals surface area contributed by atoms with Crippen molar-refractivity contribution in [2.24, 2.45) is 0 Å². The Morgan fingerprint density at radius 1 is 0.786 bits per heavy atom.